The number of H-pyrrole nitrogens is 1. The normalized spacial score (nSPS) is 10.7. The quantitative estimate of drug-likeness (QED) is 0.752. The van der Waals surface area contributed by atoms with Gasteiger partial charge in [0.15, 0.2) is 5.65 Å². The Kier molecular flexibility index (Phi) is 3.16. The number of aromatic amines is 1. The van der Waals surface area contributed by atoms with Gasteiger partial charge in [-0.25, -0.2) is 9.97 Å². The lowest BCUT2D eigenvalue weighted by atomic mass is 10.1. The fourth-order valence-electron chi connectivity index (χ4n) is 1.96. The summed E-state index contributed by atoms with van der Waals surface area (Å²) in [7, 11) is 1.59. The van der Waals surface area contributed by atoms with E-state index in [1.54, 1.807) is 19.5 Å². The van der Waals surface area contributed by atoms with Crippen molar-refractivity contribution in [3.05, 3.63) is 24.5 Å². The summed E-state index contributed by atoms with van der Waals surface area (Å²) in [5, 5.41) is 10.9. The molecule has 0 unspecified atom stereocenters. The number of nitrogens with one attached hydrogen (secondary N) is 2. The van der Waals surface area contributed by atoms with Crippen LogP contribution in [0.4, 0.5) is 5.95 Å². The van der Waals surface area contributed by atoms with Crippen molar-refractivity contribution in [2.45, 2.75) is 6.92 Å². The molecule has 0 spiro atoms. The molecule has 102 valence electrons. The molecule has 0 fully saturated rings. The van der Waals surface area contributed by atoms with Crippen molar-refractivity contribution >= 4 is 17.0 Å². The highest BCUT2D eigenvalue weighted by molar-refractivity contribution is 5.90. The summed E-state index contributed by atoms with van der Waals surface area (Å²) in [4.78, 5) is 13.0. The maximum atomic E-state index is 5.15. The number of hydrogen-bond donors (Lipinski definition) is 2. The van der Waals surface area contributed by atoms with Crippen molar-refractivity contribution in [2.24, 2.45) is 0 Å². The molecule has 0 aliphatic carbocycles. The molecule has 7 heteroatoms. The number of ether oxygens (including phenoxy) is 1. The van der Waals surface area contributed by atoms with E-state index >= 15 is 0 Å². The van der Waals surface area contributed by atoms with Crippen molar-refractivity contribution < 1.29 is 4.74 Å². The van der Waals surface area contributed by atoms with Crippen LogP contribution >= 0.6 is 0 Å². The third kappa shape index (κ3) is 2.13. The molecule has 2 N–H and O–H groups in total. The first kappa shape index (κ1) is 12.3. The second-order valence-corrected chi connectivity index (χ2v) is 4.15. The Morgan fingerprint density at radius 2 is 2.25 bits per heavy atom. The molecule has 20 heavy (non-hydrogen) atoms. The summed E-state index contributed by atoms with van der Waals surface area (Å²) in [6.45, 7) is 2.74. The smallest absolute Gasteiger partial charge is 0.225 e. The molecule has 7 nitrogen and oxygen atoms in total. The SMILES string of the molecule is CCNc1nc(-c2ccnc(OC)c2)c2cn[nH]c2n1. The molecule has 3 aromatic heterocycles. The average molecular weight is 270 g/mol. The number of pyridine rings is 1. The van der Waals surface area contributed by atoms with Crippen LogP contribution < -0.4 is 10.1 Å². The van der Waals surface area contributed by atoms with E-state index in [9.17, 15) is 0 Å². The predicted octanol–water partition coefficient (Wildman–Crippen LogP) is 1.86. The van der Waals surface area contributed by atoms with E-state index in [4.69, 9.17) is 4.74 Å². The largest absolute Gasteiger partial charge is 0.481 e. The second-order valence-electron chi connectivity index (χ2n) is 4.15. The zero-order valence-electron chi connectivity index (χ0n) is 11.2. The zero-order valence-corrected chi connectivity index (χ0v) is 11.2. The Morgan fingerprint density at radius 3 is 3.05 bits per heavy atom. The van der Waals surface area contributed by atoms with E-state index in [-0.39, 0.29) is 0 Å². The Balaban J connectivity index is 2.19. The van der Waals surface area contributed by atoms with Crippen LogP contribution in [0.2, 0.25) is 0 Å². The van der Waals surface area contributed by atoms with Gasteiger partial charge in [-0.1, -0.05) is 0 Å². The van der Waals surface area contributed by atoms with Gasteiger partial charge in [0.05, 0.1) is 24.4 Å². The van der Waals surface area contributed by atoms with Crippen molar-refractivity contribution in [3.8, 4) is 17.1 Å². The second kappa shape index (κ2) is 5.12. The van der Waals surface area contributed by atoms with Gasteiger partial charge < -0.3 is 10.1 Å². The van der Waals surface area contributed by atoms with Crippen molar-refractivity contribution in [3.63, 3.8) is 0 Å². The van der Waals surface area contributed by atoms with Gasteiger partial charge in [-0.05, 0) is 13.0 Å². The molecule has 0 atom stereocenters. The first-order valence-corrected chi connectivity index (χ1v) is 6.27. The molecule has 0 saturated heterocycles. The predicted molar refractivity (Wildman–Crippen MR) is 75.6 cm³/mol. The Morgan fingerprint density at radius 1 is 1.35 bits per heavy atom. The summed E-state index contributed by atoms with van der Waals surface area (Å²) in [6, 6.07) is 3.72. The summed E-state index contributed by atoms with van der Waals surface area (Å²) >= 11 is 0. The van der Waals surface area contributed by atoms with Crippen LogP contribution in [-0.4, -0.2) is 38.8 Å². The van der Waals surface area contributed by atoms with Crippen LogP contribution in [0.3, 0.4) is 0 Å². The first-order valence-electron chi connectivity index (χ1n) is 6.27. The highest BCUT2D eigenvalue weighted by Gasteiger charge is 2.12. The number of methoxy groups -OCH3 is 1. The molecular weight excluding hydrogens is 256 g/mol. The fourth-order valence-corrected chi connectivity index (χ4v) is 1.96. The van der Waals surface area contributed by atoms with Gasteiger partial charge in [0, 0.05) is 24.4 Å². The molecule has 3 rings (SSSR count). The minimum absolute atomic E-state index is 0.544. The van der Waals surface area contributed by atoms with E-state index in [0.29, 0.717) is 17.5 Å². The lowest BCUT2D eigenvalue weighted by Crippen LogP contribution is -2.03. The van der Waals surface area contributed by atoms with Gasteiger partial charge in [-0.2, -0.15) is 10.1 Å². The molecule has 0 aliphatic rings. The number of nitrogens with zero attached hydrogens (tertiary/aromatic N) is 4. The van der Waals surface area contributed by atoms with Gasteiger partial charge in [0.25, 0.3) is 0 Å². The molecule has 0 bridgehead atoms. The molecule has 0 amide bonds. The summed E-state index contributed by atoms with van der Waals surface area (Å²) < 4.78 is 5.15. The van der Waals surface area contributed by atoms with Crippen molar-refractivity contribution in [2.75, 3.05) is 19.0 Å². The third-order valence-corrected chi connectivity index (χ3v) is 2.86. The van der Waals surface area contributed by atoms with Crippen LogP contribution in [0.15, 0.2) is 24.5 Å². The summed E-state index contributed by atoms with van der Waals surface area (Å²) in [5.41, 5.74) is 2.40. The van der Waals surface area contributed by atoms with Crippen LogP contribution in [-0.2, 0) is 0 Å². The maximum absolute atomic E-state index is 5.15. The lowest BCUT2D eigenvalue weighted by Gasteiger charge is -2.07. The summed E-state index contributed by atoms with van der Waals surface area (Å²) in [5.74, 6) is 1.11. The van der Waals surface area contributed by atoms with Gasteiger partial charge in [-0.3, -0.25) is 5.10 Å². The molecule has 0 aromatic carbocycles. The topological polar surface area (TPSA) is 88.6 Å². The van der Waals surface area contributed by atoms with Crippen LogP contribution in [0.5, 0.6) is 5.88 Å². The molecular formula is C13H14N6O. The van der Waals surface area contributed by atoms with Gasteiger partial charge in [0.1, 0.15) is 0 Å². The van der Waals surface area contributed by atoms with E-state index < -0.39 is 0 Å². The molecule has 3 heterocycles. The lowest BCUT2D eigenvalue weighted by molar-refractivity contribution is 0.398. The third-order valence-electron chi connectivity index (χ3n) is 2.86. The van der Waals surface area contributed by atoms with Crippen LogP contribution in [0.1, 0.15) is 6.92 Å². The Hall–Kier alpha value is -2.70. The molecule has 3 aromatic rings. The van der Waals surface area contributed by atoms with E-state index in [1.807, 2.05) is 19.1 Å². The Bertz CT molecular complexity index is 739. The molecule has 0 saturated carbocycles. The van der Waals surface area contributed by atoms with E-state index in [2.05, 4.69) is 30.5 Å². The molecule has 0 radical (unpaired) electrons. The highest BCUT2D eigenvalue weighted by Crippen LogP contribution is 2.27. The minimum atomic E-state index is 0.544. The van der Waals surface area contributed by atoms with Gasteiger partial charge >= 0.3 is 0 Å². The number of rotatable bonds is 4. The van der Waals surface area contributed by atoms with Crippen molar-refractivity contribution in [1.82, 2.24) is 25.1 Å². The van der Waals surface area contributed by atoms with Gasteiger partial charge in [-0.15, -0.1) is 0 Å². The zero-order chi connectivity index (χ0) is 13.9. The maximum Gasteiger partial charge on any atom is 0.225 e. The Labute approximate surface area is 115 Å². The molecule has 0 aliphatic heterocycles. The minimum Gasteiger partial charge on any atom is -0.481 e. The fraction of sp³-hybridized carbons (Fsp3) is 0.231. The van der Waals surface area contributed by atoms with Gasteiger partial charge in [0.2, 0.25) is 11.8 Å². The number of anilines is 1. The van der Waals surface area contributed by atoms with Crippen molar-refractivity contribution in [1.29, 1.82) is 0 Å². The van der Waals surface area contributed by atoms with Crippen LogP contribution in [0, 0.1) is 0 Å². The monoisotopic (exact) mass is 270 g/mol. The number of aromatic nitrogens is 5. The van der Waals surface area contributed by atoms with E-state index in [1.165, 1.54) is 0 Å². The standard InChI is InChI=1S/C13H14N6O/c1-3-14-13-17-11(9-7-16-19-12(9)18-13)8-4-5-15-10(6-8)20-2/h4-7H,3H2,1-2H3,(H2,14,16,17,18,19). The van der Waals surface area contributed by atoms with E-state index in [0.717, 1.165) is 23.2 Å². The number of fused-ring (bicyclic) bond motifs is 1. The highest BCUT2D eigenvalue weighted by atomic mass is 16.5. The average Bonchev–Trinajstić information content (AvgIpc) is 2.95. The summed E-state index contributed by atoms with van der Waals surface area (Å²) in [6.07, 6.45) is 3.41. The van der Waals surface area contributed by atoms with Crippen LogP contribution in [0.25, 0.3) is 22.3 Å². The number of hydrogen-bond acceptors (Lipinski definition) is 6. The first-order chi connectivity index (χ1) is 9.81.